The molecule has 0 spiro atoms. The number of hydrogen-bond acceptors (Lipinski definition) is 2. The zero-order chi connectivity index (χ0) is 7.84. The Morgan fingerprint density at radius 3 is 3.09 bits per heavy atom. The molecule has 1 N–H and O–H groups in total. The number of aromatic hydroxyl groups is 1. The van der Waals surface area contributed by atoms with Crippen molar-refractivity contribution >= 4 is 0 Å². The molecule has 0 saturated heterocycles. The number of ether oxygens (including phenoxy) is 1. The SMILES string of the molecule is Cc1c(O)ccc2c1OCC2. The highest BCUT2D eigenvalue weighted by Crippen LogP contribution is 2.34. The Balaban J connectivity index is 2.62. The van der Waals surface area contributed by atoms with Gasteiger partial charge in [-0.3, -0.25) is 0 Å². The van der Waals surface area contributed by atoms with Gasteiger partial charge in [-0.25, -0.2) is 0 Å². The second-order valence-electron chi connectivity index (χ2n) is 2.80. The van der Waals surface area contributed by atoms with E-state index in [0.29, 0.717) is 5.75 Å². The van der Waals surface area contributed by atoms with Crippen LogP contribution in [0.15, 0.2) is 12.1 Å². The van der Waals surface area contributed by atoms with Crippen molar-refractivity contribution in [3.8, 4) is 11.5 Å². The number of fused-ring (bicyclic) bond motifs is 1. The molecule has 1 aliphatic heterocycles. The Kier molecular flexibility index (Phi) is 1.28. The summed E-state index contributed by atoms with van der Waals surface area (Å²) in [6.07, 6.45) is 0.969. The average Bonchev–Trinajstić information content (AvgIpc) is 2.45. The number of phenols is 1. The van der Waals surface area contributed by atoms with E-state index in [-0.39, 0.29) is 0 Å². The third-order valence-corrected chi connectivity index (χ3v) is 2.08. The maximum absolute atomic E-state index is 9.30. The number of rotatable bonds is 0. The molecule has 1 aromatic rings. The van der Waals surface area contributed by atoms with Gasteiger partial charge in [0.1, 0.15) is 11.5 Å². The zero-order valence-corrected chi connectivity index (χ0v) is 6.42. The highest BCUT2D eigenvalue weighted by Gasteiger charge is 2.15. The van der Waals surface area contributed by atoms with Crippen molar-refractivity contribution in [2.45, 2.75) is 13.3 Å². The van der Waals surface area contributed by atoms with Crippen LogP contribution in [-0.4, -0.2) is 11.7 Å². The van der Waals surface area contributed by atoms with E-state index in [1.54, 1.807) is 6.07 Å². The fraction of sp³-hybridized carbons (Fsp3) is 0.333. The fourth-order valence-electron chi connectivity index (χ4n) is 1.40. The largest absolute Gasteiger partial charge is 0.508 e. The summed E-state index contributed by atoms with van der Waals surface area (Å²) in [5, 5.41) is 9.30. The number of hydrogen-bond donors (Lipinski definition) is 1. The van der Waals surface area contributed by atoms with Crippen LogP contribution in [0.3, 0.4) is 0 Å². The zero-order valence-electron chi connectivity index (χ0n) is 6.42. The number of benzene rings is 1. The van der Waals surface area contributed by atoms with Gasteiger partial charge in [-0.15, -0.1) is 0 Å². The Labute approximate surface area is 65.4 Å². The lowest BCUT2D eigenvalue weighted by Gasteiger charge is -2.04. The molecule has 2 nitrogen and oxygen atoms in total. The third kappa shape index (κ3) is 0.862. The van der Waals surface area contributed by atoms with Crippen LogP contribution in [0.4, 0.5) is 0 Å². The summed E-state index contributed by atoms with van der Waals surface area (Å²) in [5.74, 6) is 1.20. The fourth-order valence-corrected chi connectivity index (χ4v) is 1.40. The summed E-state index contributed by atoms with van der Waals surface area (Å²) < 4.78 is 5.35. The van der Waals surface area contributed by atoms with E-state index in [0.717, 1.165) is 24.3 Å². The Bertz CT molecular complexity index is 292. The van der Waals surface area contributed by atoms with Gasteiger partial charge >= 0.3 is 0 Å². The predicted molar refractivity (Wildman–Crippen MR) is 42.0 cm³/mol. The van der Waals surface area contributed by atoms with Crippen LogP contribution in [0.2, 0.25) is 0 Å². The van der Waals surface area contributed by atoms with Gasteiger partial charge in [-0.2, -0.15) is 0 Å². The quantitative estimate of drug-likeness (QED) is 0.609. The summed E-state index contributed by atoms with van der Waals surface area (Å²) in [4.78, 5) is 0. The lowest BCUT2D eigenvalue weighted by atomic mass is 10.1. The predicted octanol–water partition coefficient (Wildman–Crippen LogP) is 1.64. The first kappa shape index (κ1) is 6.53. The van der Waals surface area contributed by atoms with Crippen LogP contribution >= 0.6 is 0 Å². The van der Waals surface area contributed by atoms with Crippen LogP contribution in [0.5, 0.6) is 11.5 Å². The van der Waals surface area contributed by atoms with E-state index in [9.17, 15) is 5.11 Å². The van der Waals surface area contributed by atoms with E-state index in [1.165, 1.54) is 5.56 Å². The molecule has 0 atom stereocenters. The van der Waals surface area contributed by atoms with Crippen molar-refractivity contribution in [3.05, 3.63) is 23.3 Å². The van der Waals surface area contributed by atoms with Gasteiger partial charge in [0.25, 0.3) is 0 Å². The van der Waals surface area contributed by atoms with E-state index < -0.39 is 0 Å². The van der Waals surface area contributed by atoms with E-state index >= 15 is 0 Å². The monoisotopic (exact) mass is 150 g/mol. The van der Waals surface area contributed by atoms with Gasteiger partial charge in [0.2, 0.25) is 0 Å². The van der Waals surface area contributed by atoms with Gasteiger partial charge in [-0.05, 0) is 18.6 Å². The highest BCUT2D eigenvalue weighted by atomic mass is 16.5. The first-order chi connectivity index (χ1) is 5.29. The topological polar surface area (TPSA) is 29.5 Å². The molecule has 1 aromatic carbocycles. The normalized spacial score (nSPS) is 14.3. The van der Waals surface area contributed by atoms with E-state index in [4.69, 9.17) is 4.74 Å². The van der Waals surface area contributed by atoms with E-state index in [1.807, 2.05) is 13.0 Å². The molecular formula is C9H10O2. The Morgan fingerprint density at radius 2 is 2.27 bits per heavy atom. The molecule has 0 bridgehead atoms. The van der Waals surface area contributed by atoms with Crippen LogP contribution in [-0.2, 0) is 6.42 Å². The Morgan fingerprint density at radius 1 is 1.45 bits per heavy atom. The van der Waals surface area contributed by atoms with Crippen molar-refractivity contribution in [2.75, 3.05) is 6.61 Å². The van der Waals surface area contributed by atoms with Crippen molar-refractivity contribution in [2.24, 2.45) is 0 Å². The molecule has 0 radical (unpaired) electrons. The van der Waals surface area contributed by atoms with Crippen molar-refractivity contribution < 1.29 is 9.84 Å². The lowest BCUT2D eigenvalue weighted by molar-refractivity contribution is 0.351. The van der Waals surface area contributed by atoms with Gasteiger partial charge in [-0.1, -0.05) is 6.07 Å². The van der Waals surface area contributed by atoms with Crippen molar-refractivity contribution in [1.29, 1.82) is 0 Å². The second-order valence-corrected chi connectivity index (χ2v) is 2.80. The van der Waals surface area contributed by atoms with Crippen molar-refractivity contribution in [3.63, 3.8) is 0 Å². The lowest BCUT2D eigenvalue weighted by Crippen LogP contribution is -1.87. The van der Waals surface area contributed by atoms with E-state index in [2.05, 4.69) is 0 Å². The molecule has 0 amide bonds. The maximum Gasteiger partial charge on any atom is 0.129 e. The molecule has 0 saturated carbocycles. The van der Waals surface area contributed by atoms with Crippen LogP contribution in [0.25, 0.3) is 0 Å². The smallest absolute Gasteiger partial charge is 0.129 e. The van der Waals surface area contributed by atoms with Crippen LogP contribution in [0, 0.1) is 6.92 Å². The van der Waals surface area contributed by atoms with Gasteiger partial charge in [0.15, 0.2) is 0 Å². The molecule has 0 unspecified atom stereocenters. The molecule has 0 aliphatic carbocycles. The second kappa shape index (κ2) is 2.16. The maximum atomic E-state index is 9.30. The first-order valence-electron chi connectivity index (χ1n) is 3.73. The first-order valence-corrected chi connectivity index (χ1v) is 3.73. The molecule has 2 heteroatoms. The van der Waals surface area contributed by atoms with Crippen molar-refractivity contribution in [1.82, 2.24) is 0 Å². The van der Waals surface area contributed by atoms with Gasteiger partial charge in [0.05, 0.1) is 6.61 Å². The molecule has 2 rings (SSSR count). The Hall–Kier alpha value is -1.18. The minimum atomic E-state index is 0.325. The highest BCUT2D eigenvalue weighted by molar-refractivity contribution is 5.50. The minimum absolute atomic E-state index is 0.325. The molecule has 1 aliphatic rings. The molecular weight excluding hydrogens is 140 g/mol. The average molecular weight is 150 g/mol. The molecule has 1 heterocycles. The summed E-state index contributed by atoms with van der Waals surface area (Å²) >= 11 is 0. The summed E-state index contributed by atoms with van der Waals surface area (Å²) in [5.41, 5.74) is 2.07. The van der Waals surface area contributed by atoms with Crippen LogP contribution < -0.4 is 4.74 Å². The summed E-state index contributed by atoms with van der Waals surface area (Å²) in [7, 11) is 0. The van der Waals surface area contributed by atoms with Crippen LogP contribution in [0.1, 0.15) is 11.1 Å². The van der Waals surface area contributed by atoms with Gasteiger partial charge < -0.3 is 9.84 Å². The molecule has 0 aromatic heterocycles. The molecule has 0 fully saturated rings. The van der Waals surface area contributed by atoms with Gasteiger partial charge in [0, 0.05) is 12.0 Å². The summed E-state index contributed by atoms with van der Waals surface area (Å²) in [6, 6.07) is 3.65. The third-order valence-electron chi connectivity index (χ3n) is 2.08. The standard InChI is InChI=1S/C9H10O2/c1-6-8(10)3-2-7-4-5-11-9(6)7/h2-3,10H,4-5H2,1H3. The number of phenolic OH excluding ortho intramolecular Hbond substituents is 1. The minimum Gasteiger partial charge on any atom is -0.508 e. The molecule has 11 heavy (non-hydrogen) atoms. The molecule has 58 valence electrons. The summed E-state index contributed by atoms with van der Waals surface area (Å²) in [6.45, 7) is 2.62.